The number of hydrogen-bond acceptors (Lipinski definition) is 4. The summed E-state index contributed by atoms with van der Waals surface area (Å²) in [6.07, 6.45) is 1.79. The van der Waals surface area contributed by atoms with Gasteiger partial charge in [-0.25, -0.2) is 0 Å². The quantitative estimate of drug-likeness (QED) is 0.769. The fourth-order valence-electron chi connectivity index (χ4n) is 2.19. The van der Waals surface area contributed by atoms with Crippen LogP contribution in [0.3, 0.4) is 0 Å². The van der Waals surface area contributed by atoms with Crippen molar-refractivity contribution in [3.8, 4) is 5.75 Å². The van der Waals surface area contributed by atoms with Crippen molar-refractivity contribution in [2.75, 3.05) is 25.5 Å². The van der Waals surface area contributed by atoms with Crippen molar-refractivity contribution in [3.63, 3.8) is 0 Å². The largest absolute Gasteiger partial charge is 0.482 e. The summed E-state index contributed by atoms with van der Waals surface area (Å²) in [4.78, 5) is 13.6. The molecule has 1 aromatic carbocycles. The molecule has 98 valence electrons. The smallest absolute Gasteiger partial charge is 0.260 e. The summed E-state index contributed by atoms with van der Waals surface area (Å²) in [6, 6.07) is 7.02. The molecule has 18 heavy (non-hydrogen) atoms. The maximum absolute atomic E-state index is 11.9. The number of ether oxygens (including phenoxy) is 1. The number of amides is 1. The summed E-state index contributed by atoms with van der Waals surface area (Å²) in [5, 5.41) is 9.16. The van der Waals surface area contributed by atoms with Crippen molar-refractivity contribution in [3.05, 3.63) is 24.3 Å². The third-order valence-corrected chi connectivity index (χ3v) is 3.18. The van der Waals surface area contributed by atoms with Crippen LogP contribution in [0.2, 0.25) is 0 Å². The van der Waals surface area contributed by atoms with Crippen LogP contribution in [0.5, 0.6) is 5.75 Å². The lowest BCUT2D eigenvalue weighted by Crippen LogP contribution is -2.40. The maximum Gasteiger partial charge on any atom is 0.260 e. The predicted molar refractivity (Wildman–Crippen MR) is 68.2 cm³/mol. The molecule has 1 aliphatic rings. The molecule has 1 aliphatic heterocycles. The SMILES string of the molecule is Nc1ccccc1OCC(=O)N1CCC[C@@H]1CO. The van der Waals surface area contributed by atoms with E-state index in [0.717, 1.165) is 12.8 Å². The number of aliphatic hydroxyl groups is 1. The van der Waals surface area contributed by atoms with Gasteiger partial charge < -0.3 is 20.5 Å². The molecule has 2 rings (SSSR count). The van der Waals surface area contributed by atoms with Gasteiger partial charge in [-0.15, -0.1) is 0 Å². The molecule has 1 saturated heterocycles. The molecule has 0 unspecified atom stereocenters. The first kappa shape index (κ1) is 12.7. The topological polar surface area (TPSA) is 75.8 Å². The van der Waals surface area contributed by atoms with Gasteiger partial charge >= 0.3 is 0 Å². The molecule has 1 fully saturated rings. The van der Waals surface area contributed by atoms with Crippen molar-refractivity contribution < 1.29 is 14.6 Å². The molecule has 1 aromatic rings. The molecule has 0 spiro atoms. The molecule has 1 amide bonds. The van der Waals surface area contributed by atoms with Gasteiger partial charge in [0, 0.05) is 6.54 Å². The van der Waals surface area contributed by atoms with Gasteiger partial charge in [0.1, 0.15) is 5.75 Å². The van der Waals surface area contributed by atoms with Gasteiger partial charge in [0.15, 0.2) is 6.61 Å². The number of carbonyl (C=O) groups is 1. The summed E-state index contributed by atoms with van der Waals surface area (Å²) >= 11 is 0. The second-order valence-corrected chi connectivity index (χ2v) is 4.39. The Kier molecular flexibility index (Phi) is 4.04. The van der Waals surface area contributed by atoms with Crippen LogP contribution in [-0.2, 0) is 4.79 Å². The average molecular weight is 250 g/mol. The molecule has 1 atom stereocenters. The Morgan fingerprint density at radius 3 is 3.00 bits per heavy atom. The molecule has 3 N–H and O–H groups in total. The highest BCUT2D eigenvalue weighted by atomic mass is 16.5. The molecular weight excluding hydrogens is 232 g/mol. The Labute approximate surface area is 106 Å². The van der Waals surface area contributed by atoms with Crippen LogP contribution in [0.25, 0.3) is 0 Å². The van der Waals surface area contributed by atoms with Crippen molar-refractivity contribution in [2.24, 2.45) is 0 Å². The normalized spacial score (nSPS) is 18.9. The number of aliphatic hydroxyl groups excluding tert-OH is 1. The molecule has 1 heterocycles. The van der Waals surface area contributed by atoms with Crippen LogP contribution < -0.4 is 10.5 Å². The van der Waals surface area contributed by atoms with Crippen LogP contribution in [-0.4, -0.2) is 41.7 Å². The number of rotatable bonds is 4. The zero-order valence-corrected chi connectivity index (χ0v) is 10.2. The van der Waals surface area contributed by atoms with E-state index < -0.39 is 0 Å². The molecule has 0 bridgehead atoms. The first-order valence-corrected chi connectivity index (χ1v) is 6.10. The molecule has 0 aliphatic carbocycles. The lowest BCUT2D eigenvalue weighted by atomic mass is 10.2. The monoisotopic (exact) mass is 250 g/mol. The fraction of sp³-hybridized carbons (Fsp3) is 0.462. The molecule has 0 aromatic heterocycles. The number of nitrogen functional groups attached to an aromatic ring is 1. The highest BCUT2D eigenvalue weighted by molar-refractivity contribution is 5.78. The average Bonchev–Trinajstić information content (AvgIpc) is 2.86. The lowest BCUT2D eigenvalue weighted by Gasteiger charge is -2.23. The summed E-state index contributed by atoms with van der Waals surface area (Å²) in [5.41, 5.74) is 6.24. The van der Waals surface area contributed by atoms with Gasteiger partial charge in [-0.05, 0) is 25.0 Å². The fourth-order valence-corrected chi connectivity index (χ4v) is 2.19. The van der Waals surface area contributed by atoms with Gasteiger partial charge in [0.25, 0.3) is 5.91 Å². The Morgan fingerprint density at radius 2 is 2.28 bits per heavy atom. The highest BCUT2D eigenvalue weighted by Crippen LogP contribution is 2.21. The molecular formula is C13H18N2O3. The van der Waals surface area contributed by atoms with E-state index in [2.05, 4.69) is 0 Å². The van der Waals surface area contributed by atoms with Crippen LogP contribution in [0.15, 0.2) is 24.3 Å². The summed E-state index contributed by atoms with van der Waals surface area (Å²) in [6.45, 7) is 0.668. The van der Waals surface area contributed by atoms with Crippen LogP contribution >= 0.6 is 0 Å². The highest BCUT2D eigenvalue weighted by Gasteiger charge is 2.28. The number of nitrogens with two attached hydrogens (primary N) is 1. The summed E-state index contributed by atoms with van der Waals surface area (Å²) in [5.74, 6) is 0.417. The van der Waals surface area contributed by atoms with Crippen molar-refractivity contribution >= 4 is 11.6 Å². The second-order valence-electron chi connectivity index (χ2n) is 4.39. The number of benzene rings is 1. The van der Waals surface area contributed by atoms with E-state index in [9.17, 15) is 4.79 Å². The van der Waals surface area contributed by atoms with Gasteiger partial charge in [-0.1, -0.05) is 12.1 Å². The standard InChI is InChI=1S/C13H18N2O3/c14-11-5-1-2-6-12(11)18-9-13(17)15-7-3-4-10(15)8-16/h1-2,5-6,10,16H,3-4,7-9,14H2/t10-/m1/s1. The Bertz CT molecular complexity index is 422. The minimum Gasteiger partial charge on any atom is -0.482 e. The van der Waals surface area contributed by atoms with Gasteiger partial charge in [0.2, 0.25) is 0 Å². The Balaban J connectivity index is 1.90. The van der Waals surface area contributed by atoms with Gasteiger partial charge in [-0.3, -0.25) is 4.79 Å². The summed E-state index contributed by atoms with van der Waals surface area (Å²) in [7, 11) is 0. The van der Waals surface area contributed by atoms with E-state index in [1.54, 1.807) is 17.0 Å². The minimum atomic E-state index is -0.102. The van der Waals surface area contributed by atoms with Crippen molar-refractivity contribution in [1.82, 2.24) is 4.90 Å². The number of para-hydroxylation sites is 2. The molecule has 5 nitrogen and oxygen atoms in total. The summed E-state index contributed by atoms with van der Waals surface area (Å²) < 4.78 is 5.41. The Hall–Kier alpha value is -1.75. The minimum absolute atomic E-state index is 0.0131. The third kappa shape index (κ3) is 2.73. The maximum atomic E-state index is 11.9. The van der Waals surface area contributed by atoms with E-state index in [1.165, 1.54) is 0 Å². The molecule has 0 radical (unpaired) electrons. The van der Waals surface area contributed by atoms with Gasteiger partial charge in [-0.2, -0.15) is 0 Å². The van der Waals surface area contributed by atoms with E-state index in [4.69, 9.17) is 15.6 Å². The number of hydrogen-bond donors (Lipinski definition) is 2. The second kappa shape index (κ2) is 5.73. The Morgan fingerprint density at radius 1 is 1.50 bits per heavy atom. The van der Waals surface area contributed by atoms with E-state index in [1.807, 2.05) is 12.1 Å². The zero-order chi connectivity index (χ0) is 13.0. The van der Waals surface area contributed by atoms with Crippen LogP contribution in [0, 0.1) is 0 Å². The van der Waals surface area contributed by atoms with Crippen LogP contribution in [0.4, 0.5) is 5.69 Å². The van der Waals surface area contributed by atoms with Crippen LogP contribution in [0.1, 0.15) is 12.8 Å². The first-order valence-electron chi connectivity index (χ1n) is 6.10. The molecule has 0 saturated carbocycles. The van der Waals surface area contributed by atoms with E-state index in [0.29, 0.717) is 18.0 Å². The lowest BCUT2D eigenvalue weighted by molar-refractivity contribution is -0.134. The van der Waals surface area contributed by atoms with Crippen molar-refractivity contribution in [1.29, 1.82) is 0 Å². The van der Waals surface area contributed by atoms with E-state index >= 15 is 0 Å². The zero-order valence-electron chi connectivity index (χ0n) is 10.2. The number of likely N-dealkylation sites (tertiary alicyclic amines) is 1. The predicted octanol–water partition coefficient (Wildman–Crippen LogP) is 0.631. The van der Waals surface area contributed by atoms with E-state index in [-0.39, 0.29) is 25.2 Å². The first-order chi connectivity index (χ1) is 8.72. The van der Waals surface area contributed by atoms with Crippen molar-refractivity contribution in [2.45, 2.75) is 18.9 Å². The molecule has 5 heteroatoms. The number of anilines is 1. The van der Waals surface area contributed by atoms with Gasteiger partial charge in [0.05, 0.1) is 18.3 Å². The number of carbonyl (C=O) groups excluding carboxylic acids is 1. The third-order valence-electron chi connectivity index (χ3n) is 3.18. The number of nitrogens with zero attached hydrogens (tertiary/aromatic N) is 1.